The molecule has 0 fully saturated rings. The number of aliphatic carboxylic acids is 1. The van der Waals surface area contributed by atoms with Crippen LogP contribution in [-0.2, 0) is 9.59 Å². The van der Waals surface area contributed by atoms with E-state index in [4.69, 9.17) is 9.84 Å². The van der Waals surface area contributed by atoms with E-state index in [9.17, 15) is 14.0 Å². The molecule has 1 aromatic carbocycles. The van der Waals surface area contributed by atoms with E-state index in [1.165, 1.54) is 26.3 Å². The zero-order valence-corrected chi connectivity index (χ0v) is 8.73. The highest BCUT2D eigenvalue weighted by molar-refractivity contribution is 6.37. The van der Waals surface area contributed by atoms with Crippen LogP contribution in [0.15, 0.2) is 18.2 Å². The second-order valence-corrected chi connectivity index (χ2v) is 2.99. The van der Waals surface area contributed by atoms with E-state index >= 15 is 0 Å². The molecule has 0 aliphatic rings. The zero-order chi connectivity index (χ0) is 12.3. The van der Waals surface area contributed by atoms with Crippen molar-refractivity contribution < 1.29 is 23.8 Å². The zero-order valence-electron chi connectivity index (χ0n) is 8.73. The molecule has 5 nitrogen and oxygen atoms in total. The summed E-state index contributed by atoms with van der Waals surface area (Å²) in [7, 11) is 2.56. The van der Waals surface area contributed by atoms with E-state index in [2.05, 4.69) is 0 Å². The van der Waals surface area contributed by atoms with Gasteiger partial charge in [-0.15, -0.1) is 0 Å². The number of benzene rings is 1. The van der Waals surface area contributed by atoms with Crippen LogP contribution in [0.3, 0.4) is 0 Å². The lowest BCUT2D eigenvalue weighted by atomic mass is 10.2. The quantitative estimate of drug-likeness (QED) is 0.761. The van der Waals surface area contributed by atoms with E-state index in [0.717, 1.165) is 11.0 Å². The first kappa shape index (κ1) is 12.0. The van der Waals surface area contributed by atoms with E-state index in [-0.39, 0.29) is 11.4 Å². The van der Waals surface area contributed by atoms with Gasteiger partial charge in [0.05, 0.1) is 7.11 Å². The molecule has 0 aliphatic carbocycles. The van der Waals surface area contributed by atoms with Crippen molar-refractivity contribution in [3.8, 4) is 5.75 Å². The van der Waals surface area contributed by atoms with Crippen LogP contribution in [0.2, 0.25) is 0 Å². The molecule has 0 bridgehead atoms. The van der Waals surface area contributed by atoms with Crippen LogP contribution >= 0.6 is 0 Å². The monoisotopic (exact) mass is 227 g/mol. The second-order valence-electron chi connectivity index (χ2n) is 2.99. The van der Waals surface area contributed by atoms with Gasteiger partial charge >= 0.3 is 11.9 Å². The number of carboxylic acid groups (broad SMARTS) is 1. The molecule has 0 saturated heterocycles. The average molecular weight is 227 g/mol. The first-order valence-corrected chi connectivity index (χ1v) is 4.32. The standard InChI is InChI=1S/C10H10FNO4/c1-12(9(13)10(14)15)6-3-4-8(16-2)7(11)5-6/h3-5H,1-2H3,(H,14,15). The van der Waals surface area contributed by atoms with E-state index in [1.807, 2.05) is 0 Å². The molecule has 0 unspecified atom stereocenters. The number of carboxylic acids is 1. The molecule has 0 aliphatic heterocycles. The Morgan fingerprint density at radius 3 is 2.50 bits per heavy atom. The van der Waals surface area contributed by atoms with Gasteiger partial charge in [-0.2, -0.15) is 0 Å². The number of methoxy groups -OCH3 is 1. The molecular weight excluding hydrogens is 217 g/mol. The van der Waals surface area contributed by atoms with Crippen LogP contribution in [0.5, 0.6) is 5.75 Å². The van der Waals surface area contributed by atoms with Crippen LogP contribution < -0.4 is 9.64 Å². The number of ether oxygens (including phenoxy) is 1. The number of halogens is 1. The van der Waals surface area contributed by atoms with Gasteiger partial charge in [0, 0.05) is 18.8 Å². The number of nitrogens with zero attached hydrogens (tertiary/aromatic N) is 1. The minimum Gasteiger partial charge on any atom is -0.494 e. The van der Waals surface area contributed by atoms with Crippen LogP contribution in [0.4, 0.5) is 10.1 Å². The highest BCUT2D eigenvalue weighted by Gasteiger charge is 2.19. The predicted molar refractivity (Wildman–Crippen MR) is 54.0 cm³/mol. The van der Waals surface area contributed by atoms with Gasteiger partial charge in [0.15, 0.2) is 11.6 Å². The Bertz CT molecular complexity index is 433. The normalized spacial score (nSPS) is 9.69. The average Bonchev–Trinajstić information content (AvgIpc) is 2.26. The van der Waals surface area contributed by atoms with E-state index in [1.54, 1.807) is 0 Å². The summed E-state index contributed by atoms with van der Waals surface area (Å²) in [5, 5.41) is 8.47. The number of hydrogen-bond donors (Lipinski definition) is 1. The fourth-order valence-electron chi connectivity index (χ4n) is 1.12. The molecule has 0 spiro atoms. The van der Waals surface area contributed by atoms with Crippen LogP contribution in [0, 0.1) is 5.82 Å². The largest absolute Gasteiger partial charge is 0.494 e. The minimum absolute atomic E-state index is 0.0277. The van der Waals surface area contributed by atoms with Crippen molar-refractivity contribution in [2.24, 2.45) is 0 Å². The molecule has 1 N–H and O–H groups in total. The predicted octanol–water partition coefficient (Wildman–Crippen LogP) is 0.882. The van der Waals surface area contributed by atoms with Gasteiger partial charge in [0.1, 0.15) is 0 Å². The summed E-state index contributed by atoms with van der Waals surface area (Å²) in [6.45, 7) is 0. The molecule has 1 amide bonds. The Hall–Kier alpha value is -2.11. The molecule has 0 saturated carbocycles. The van der Waals surface area contributed by atoms with Gasteiger partial charge in [-0.05, 0) is 12.1 Å². The Kier molecular flexibility index (Phi) is 3.44. The second kappa shape index (κ2) is 4.61. The smallest absolute Gasteiger partial charge is 0.394 e. The van der Waals surface area contributed by atoms with Gasteiger partial charge in [0.25, 0.3) is 0 Å². The van der Waals surface area contributed by atoms with Crippen molar-refractivity contribution in [1.29, 1.82) is 0 Å². The molecule has 16 heavy (non-hydrogen) atoms. The molecule has 0 atom stereocenters. The summed E-state index contributed by atoms with van der Waals surface area (Å²) in [6.07, 6.45) is 0. The summed E-state index contributed by atoms with van der Waals surface area (Å²) in [5.41, 5.74) is 0.144. The van der Waals surface area contributed by atoms with Crippen molar-refractivity contribution in [1.82, 2.24) is 0 Å². The Morgan fingerprint density at radius 2 is 2.06 bits per heavy atom. The molecule has 0 aromatic heterocycles. The number of anilines is 1. The highest BCUT2D eigenvalue weighted by Crippen LogP contribution is 2.22. The third-order valence-corrected chi connectivity index (χ3v) is 2.01. The lowest BCUT2D eigenvalue weighted by molar-refractivity contribution is -0.148. The molecule has 6 heteroatoms. The molecule has 1 aromatic rings. The molecular formula is C10H10FNO4. The summed E-state index contributed by atoms with van der Waals surface area (Å²) in [4.78, 5) is 22.3. The summed E-state index contributed by atoms with van der Waals surface area (Å²) in [5.74, 6) is -3.37. The van der Waals surface area contributed by atoms with Gasteiger partial charge in [-0.1, -0.05) is 0 Å². The van der Waals surface area contributed by atoms with Crippen molar-refractivity contribution in [3.63, 3.8) is 0 Å². The van der Waals surface area contributed by atoms with E-state index < -0.39 is 17.7 Å². The third kappa shape index (κ3) is 2.28. The summed E-state index contributed by atoms with van der Waals surface area (Å²) < 4.78 is 18.0. The maximum Gasteiger partial charge on any atom is 0.394 e. The van der Waals surface area contributed by atoms with Gasteiger partial charge in [0.2, 0.25) is 0 Å². The topological polar surface area (TPSA) is 66.8 Å². The summed E-state index contributed by atoms with van der Waals surface area (Å²) in [6, 6.07) is 3.73. The van der Waals surface area contributed by atoms with E-state index in [0.29, 0.717) is 0 Å². The maximum atomic E-state index is 13.3. The Balaban J connectivity index is 3.01. The number of likely N-dealkylation sites (N-methyl/N-ethyl adjacent to an activating group) is 1. The maximum absolute atomic E-state index is 13.3. The van der Waals surface area contributed by atoms with Crippen molar-refractivity contribution in [2.45, 2.75) is 0 Å². The lowest BCUT2D eigenvalue weighted by Crippen LogP contribution is -2.32. The lowest BCUT2D eigenvalue weighted by Gasteiger charge is -2.15. The highest BCUT2D eigenvalue weighted by atomic mass is 19.1. The van der Waals surface area contributed by atoms with Crippen molar-refractivity contribution in [2.75, 3.05) is 19.1 Å². The Labute approximate surface area is 91.0 Å². The molecule has 0 heterocycles. The fraction of sp³-hybridized carbons (Fsp3) is 0.200. The SMILES string of the molecule is COc1ccc(N(C)C(=O)C(=O)O)cc1F. The molecule has 1 rings (SSSR count). The molecule has 0 radical (unpaired) electrons. The first-order chi connectivity index (χ1) is 7.47. The third-order valence-electron chi connectivity index (χ3n) is 2.01. The first-order valence-electron chi connectivity index (χ1n) is 4.32. The number of hydrogen-bond acceptors (Lipinski definition) is 3. The minimum atomic E-state index is -1.60. The van der Waals surface area contributed by atoms with Crippen LogP contribution in [0.25, 0.3) is 0 Å². The Morgan fingerprint density at radius 1 is 1.44 bits per heavy atom. The van der Waals surface area contributed by atoms with Gasteiger partial charge < -0.3 is 14.7 Å². The number of carbonyl (C=O) groups excluding carboxylic acids is 1. The van der Waals surface area contributed by atoms with Crippen LogP contribution in [-0.4, -0.2) is 31.1 Å². The fourth-order valence-corrected chi connectivity index (χ4v) is 1.12. The number of carbonyl (C=O) groups is 2. The van der Waals surface area contributed by atoms with Crippen molar-refractivity contribution in [3.05, 3.63) is 24.0 Å². The van der Waals surface area contributed by atoms with Gasteiger partial charge in [-0.3, -0.25) is 4.79 Å². The van der Waals surface area contributed by atoms with Crippen molar-refractivity contribution >= 4 is 17.6 Å². The van der Waals surface area contributed by atoms with Gasteiger partial charge in [-0.25, -0.2) is 9.18 Å². The molecule has 86 valence electrons. The number of rotatable bonds is 2. The van der Waals surface area contributed by atoms with Crippen LogP contribution in [0.1, 0.15) is 0 Å². The summed E-state index contributed by atoms with van der Waals surface area (Å²) >= 11 is 0. The number of amides is 1.